The van der Waals surface area contributed by atoms with Gasteiger partial charge in [0.1, 0.15) is 5.82 Å². The summed E-state index contributed by atoms with van der Waals surface area (Å²) in [7, 11) is 1.61. The molecule has 0 aliphatic rings. The van der Waals surface area contributed by atoms with Gasteiger partial charge in [-0.15, -0.1) is 0 Å². The Balaban J connectivity index is 3.03. The normalized spacial score (nSPS) is 11.7. The van der Waals surface area contributed by atoms with Gasteiger partial charge in [0.05, 0.1) is 6.42 Å². The number of hydrogen-bond donors (Lipinski definition) is 1. The molecule has 0 spiro atoms. The van der Waals surface area contributed by atoms with Crippen molar-refractivity contribution in [3.8, 4) is 0 Å². The van der Waals surface area contributed by atoms with E-state index in [4.69, 9.17) is 5.11 Å². The van der Waals surface area contributed by atoms with Crippen LogP contribution in [-0.2, 0) is 23.9 Å². The highest BCUT2D eigenvalue weighted by Crippen LogP contribution is 2.23. The Kier molecular flexibility index (Phi) is 2.59. The monoisotopic (exact) mass is 200 g/mol. The van der Waals surface area contributed by atoms with Gasteiger partial charge >= 0.3 is 5.97 Å². The molecule has 0 aromatic carbocycles. The number of hydrogen-bond acceptors (Lipinski definition) is 2. The molecule has 0 saturated heterocycles. The smallest absolute Gasteiger partial charge is 0.309 e. The fourth-order valence-corrected chi connectivity index (χ4v) is 1.32. The molecule has 1 rings (SSSR count). The van der Waals surface area contributed by atoms with Crippen molar-refractivity contribution in [1.29, 1.82) is 0 Å². The standard InChI is InChI=1S/C9H13FN2O2/c1-9(2,10)8-11-5-6(12(8)3)4-7(13)14/h5H,4H2,1-3H3,(H,13,14). The lowest BCUT2D eigenvalue weighted by molar-refractivity contribution is -0.136. The fraction of sp³-hybridized carbons (Fsp3) is 0.556. The second kappa shape index (κ2) is 3.40. The molecule has 0 fully saturated rings. The highest BCUT2D eigenvalue weighted by molar-refractivity contribution is 5.69. The number of halogens is 1. The number of alkyl halides is 1. The van der Waals surface area contributed by atoms with Gasteiger partial charge in [0, 0.05) is 18.9 Å². The van der Waals surface area contributed by atoms with Crippen LogP contribution in [0.15, 0.2) is 6.20 Å². The number of carboxylic acids is 1. The summed E-state index contributed by atoms with van der Waals surface area (Å²) in [4.78, 5) is 14.3. The molecule has 0 atom stereocenters. The third-order valence-electron chi connectivity index (χ3n) is 1.95. The molecule has 14 heavy (non-hydrogen) atoms. The van der Waals surface area contributed by atoms with Crippen LogP contribution in [0.4, 0.5) is 4.39 Å². The zero-order chi connectivity index (χ0) is 10.9. The van der Waals surface area contributed by atoms with Crippen molar-refractivity contribution in [3.63, 3.8) is 0 Å². The lowest BCUT2D eigenvalue weighted by Gasteiger charge is -2.14. The first-order valence-electron chi connectivity index (χ1n) is 4.24. The van der Waals surface area contributed by atoms with Crippen LogP contribution in [0.2, 0.25) is 0 Å². The summed E-state index contributed by atoms with van der Waals surface area (Å²) in [6.45, 7) is 2.78. The van der Waals surface area contributed by atoms with Crippen LogP contribution < -0.4 is 0 Å². The number of carboxylic acid groups (broad SMARTS) is 1. The number of nitrogens with zero attached hydrogens (tertiary/aromatic N) is 2. The molecular formula is C9H13FN2O2. The van der Waals surface area contributed by atoms with Crippen LogP contribution in [0.1, 0.15) is 25.4 Å². The Hall–Kier alpha value is -1.39. The summed E-state index contributed by atoms with van der Waals surface area (Å²) in [5.41, 5.74) is -1.05. The molecule has 0 bridgehead atoms. The molecule has 78 valence electrons. The van der Waals surface area contributed by atoms with Crippen molar-refractivity contribution in [2.24, 2.45) is 7.05 Å². The number of rotatable bonds is 3. The van der Waals surface area contributed by atoms with E-state index in [1.165, 1.54) is 24.6 Å². The third-order valence-corrected chi connectivity index (χ3v) is 1.95. The van der Waals surface area contributed by atoms with E-state index in [0.29, 0.717) is 5.69 Å². The predicted molar refractivity (Wildman–Crippen MR) is 48.7 cm³/mol. The minimum absolute atomic E-state index is 0.139. The average molecular weight is 200 g/mol. The fourth-order valence-electron chi connectivity index (χ4n) is 1.32. The average Bonchev–Trinajstić information content (AvgIpc) is 2.30. The van der Waals surface area contributed by atoms with Gasteiger partial charge in [-0.2, -0.15) is 0 Å². The van der Waals surface area contributed by atoms with Gasteiger partial charge in [-0.05, 0) is 13.8 Å². The Morgan fingerprint density at radius 2 is 2.29 bits per heavy atom. The lowest BCUT2D eigenvalue weighted by Crippen LogP contribution is -2.17. The van der Waals surface area contributed by atoms with Gasteiger partial charge in [-0.1, -0.05) is 0 Å². The second-order valence-corrected chi connectivity index (χ2v) is 3.68. The second-order valence-electron chi connectivity index (χ2n) is 3.68. The molecule has 0 saturated carbocycles. The number of imidazole rings is 1. The van der Waals surface area contributed by atoms with Gasteiger partial charge in [0.15, 0.2) is 5.67 Å². The highest BCUT2D eigenvalue weighted by Gasteiger charge is 2.25. The van der Waals surface area contributed by atoms with Gasteiger partial charge in [0.25, 0.3) is 0 Å². The van der Waals surface area contributed by atoms with Crippen molar-refractivity contribution in [1.82, 2.24) is 9.55 Å². The maximum absolute atomic E-state index is 13.5. The molecule has 5 heteroatoms. The van der Waals surface area contributed by atoms with E-state index in [0.717, 1.165) is 0 Å². The van der Waals surface area contributed by atoms with Crippen LogP contribution >= 0.6 is 0 Å². The largest absolute Gasteiger partial charge is 0.481 e. The molecule has 0 aliphatic carbocycles. The summed E-state index contributed by atoms with van der Waals surface area (Å²) in [6.07, 6.45) is 1.25. The van der Waals surface area contributed by atoms with E-state index >= 15 is 0 Å². The van der Waals surface area contributed by atoms with Crippen LogP contribution in [0.3, 0.4) is 0 Å². The van der Waals surface area contributed by atoms with Crippen molar-refractivity contribution in [3.05, 3.63) is 17.7 Å². The third kappa shape index (κ3) is 2.10. The predicted octanol–water partition coefficient (Wildman–Crippen LogP) is 1.25. The highest BCUT2D eigenvalue weighted by atomic mass is 19.1. The van der Waals surface area contributed by atoms with Crippen LogP contribution in [-0.4, -0.2) is 20.6 Å². The Morgan fingerprint density at radius 1 is 1.71 bits per heavy atom. The number of carbonyl (C=O) groups is 1. The zero-order valence-electron chi connectivity index (χ0n) is 8.41. The summed E-state index contributed by atoms with van der Waals surface area (Å²) < 4.78 is 15.0. The van der Waals surface area contributed by atoms with E-state index in [2.05, 4.69) is 4.98 Å². The minimum Gasteiger partial charge on any atom is -0.481 e. The Bertz CT molecular complexity index is 352. The van der Waals surface area contributed by atoms with Crippen molar-refractivity contribution in [2.45, 2.75) is 25.9 Å². The molecule has 0 aliphatic heterocycles. The summed E-state index contributed by atoms with van der Waals surface area (Å²) in [6, 6.07) is 0. The van der Waals surface area contributed by atoms with E-state index in [1.807, 2.05) is 0 Å². The first-order chi connectivity index (χ1) is 6.32. The first kappa shape index (κ1) is 10.7. The summed E-state index contributed by atoms with van der Waals surface area (Å²) >= 11 is 0. The molecule has 0 amide bonds. The van der Waals surface area contributed by atoms with Gasteiger partial charge in [0.2, 0.25) is 0 Å². The first-order valence-corrected chi connectivity index (χ1v) is 4.24. The van der Waals surface area contributed by atoms with Crippen LogP contribution in [0.5, 0.6) is 0 Å². The van der Waals surface area contributed by atoms with Crippen molar-refractivity contribution >= 4 is 5.97 Å². The molecular weight excluding hydrogens is 187 g/mol. The Labute approximate surface area is 81.4 Å². The molecule has 1 aromatic rings. The van der Waals surface area contributed by atoms with Gasteiger partial charge < -0.3 is 9.67 Å². The molecule has 0 radical (unpaired) electrons. The molecule has 1 heterocycles. The van der Waals surface area contributed by atoms with Crippen molar-refractivity contribution in [2.75, 3.05) is 0 Å². The molecule has 1 aromatic heterocycles. The van der Waals surface area contributed by atoms with Crippen molar-refractivity contribution < 1.29 is 14.3 Å². The van der Waals surface area contributed by atoms with E-state index in [9.17, 15) is 9.18 Å². The van der Waals surface area contributed by atoms with Crippen LogP contribution in [0, 0.1) is 0 Å². The quantitative estimate of drug-likeness (QED) is 0.798. The van der Waals surface area contributed by atoms with E-state index in [-0.39, 0.29) is 12.2 Å². The Morgan fingerprint density at radius 3 is 2.64 bits per heavy atom. The minimum atomic E-state index is -1.55. The summed E-state index contributed by atoms with van der Waals surface area (Å²) in [5.74, 6) is -0.704. The zero-order valence-corrected chi connectivity index (χ0v) is 8.41. The maximum Gasteiger partial charge on any atom is 0.309 e. The maximum atomic E-state index is 13.5. The number of aliphatic carboxylic acids is 1. The van der Waals surface area contributed by atoms with Crippen LogP contribution in [0.25, 0.3) is 0 Å². The van der Waals surface area contributed by atoms with E-state index < -0.39 is 11.6 Å². The van der Waals surface area contributed by atoms with Gasteiger partial charge in [-0.25, -0.2) is 9.37 Å². The molecule has 0 unspecified atom stereocenters. The number of aromatic nitrogens is 2. The summed E-state index contributed by atoms with van der Waals surface area (Å²) in [5, 5.41) is 8.57. The molecule has 4 nitrogen and oxygen atoms in total. The topological polar surface area (TPSA) is 55.1 Å². The van der Waals surface area contributed by atoms with Gasteiger partial charge in [-0.3, -0.25) is 4.79 Å². The SMILES string of the molecule is Cn1c(CC(=O)O)cnc1C(C)(C)F. The van der Waals surface area contributed by atoms with E-state index in [1.54, 1.807) is 7.05 Å². The molecule has 1 N–H and O–H groups in total. The lowest BCUT2D eigenvalue weighted by atomic mass is 10.1.